The largest absolute Gasteiger partial charge is 0.489 e. The van der Waals surface area contributed by atoms with Crippen molar-refractivity contribution in [3.63, 3.8) is 0 Å². The number of hydrogen-bond acceptors (Lipinski definition) is 3. The topological polar surface area (TPSA) is 32.7 Å². The molecule has 25 heavy (non-hydrogen) atoms. The first-order chi connectivity index (χ1) is 11.6. The zero-order valence-electron chi connectivity index (χ0n) is 13.9. The molecule has 0 unspecified atom stereocenters. The van der Waals surface area contributed by atoms with E-state index in [0.717, 1.165) is 58.8 Å². The summed E-state index contributed by atoms with van der Waals surface area (Å²) in [5.41, 5.74) is 2.25. The standard InChI is InChI=1S/C19H21BrClNO2.V/c20-16-3-6-19(24-13-14-1-4-17(21)5-2-14)15(11-16)12-22-9-7-18(23)8-10-22;/h1-6,11,18,23H,7-10,12-13H2;. The van der Waals surface area contributed by atoms with Gasteiger partial charge in [0.15, 0.2) is 0 Å². The fourth-order valence-corrected chi connectivity index (χ4v) is 3.41. The molecule has 1 radical (unpaired) electrons. The number of nitrogens with zero attached hydrogens (tertiary/aromatic N) is 1. The van der Waals surface area contributed by atoms with Crippen molar-refractivity contribution in [3.05, 3.63) is 63.1 Å². The molecule has 1 aliphatic rings. The second-order valence-electron chi connectivity index (χ2n) is 6.17. The van der Waals surface area contributed by atoms with Crippen LogP contribution in [0.2, 0.25) is 5.02 Å². The van der Waals surface area contributed by atoms with Gasteiger partial charge in [-0.1, -0.05) is 39.7 Å². The van der Waals surface area contributed by atoms with Gasteiger partial charge in [-0.05, 0) is 48.7 Å². The van der Waals surface area contributed by atoms with Crippen molar-refractivity contribution in [1.29, 1.82) is 0 Å². The van der Waals surface area contributed by atoms with Crippen molar-refractivity contribution in [2.45, 2.75) is 32.1 Å². The summed E-state index contributed by atoms with van der Waals surface area (Å²) in [6, 6.07) is 13.8. The number of ether oxygens (including phenoxy) is 1. The molecule has 1 fully saturated rings. The fourth-order valence-electron chi connectivity index (χ4n) is 2.87. The minimum atomic E-state index is -0.149. The van der Waals surface area contributed by atoms with E-state index in [2.05, 4.69) is 26.9 Å². The summed E-state index contributed by atoms with van der Waals surface area (Å²) in [5, 5.41) is 10.4. The van der Waals surface area contributed by atoms with E-state index in [1.807, 2.05) is 36.4 Å². The Balaban J connectivity index is 0.00000225. The van der Waals surface area contributed by atoms with Gasteiger partial charge in [-0.15, -0.1) is 0 Å². The maximum Gasteiger partial charge on any atom is 0.124 e. The summed E-state index contributed by atoms with van der Waals surface area (Å²) in [7, 11) is 0. The average molecular weight is 462 g/mol. The molecule has 1 aliphatic heterocycles. The van der Waals surface area contributed by atoms with Gasteiger partial charge in [0.1, 0.15) is 12.4 Å². The van der Waals surface area contributed by atoms with Crippen LogP contribution in [0.5, 0.6) is 5.75 Å². The molecule has 0 saturated carbocycles. The van der Waals surface area contributed by atoms with Crippen LogP contribution < -0.4 is 4.74 Å². The van der Waals surface area contributed by atoms with E-state index in [-0.39, 0.29) is 24.7 Å². The minimum Gasteiger partial charge on any atom is -0.489 e. The number of halogens is 2. The van der Waals surface area contributed by atoms with E-state index in [0.29, 0.717) is 6.61 Å². The minimum absolute atomic E-state index is 0. The molecule has 6 heteroatoms. The molecule has 0 aliphatic carbocycles. The molecule has 3 rings (SSSR count). The fraction of sp³-hybridized carbons (Fsp3) is 0.368. The summed E-state index contributed by atoms with van der Waals surface area (Å²) in [6.07, 6.45) is 1.54. The summed E-state index contributed by atoms with van der Waals surface area (Å²) in [4.78, 5) is 2.36. The van der Waals surface area contributed by atoms with Gasteiger partial charge in [0.25, 0.3) is 0 Å². The maximum absolute atomic E-state index is 9.65. The Morgan fingerprint density at radius 1 is 1.12 bits per heavy atom. The Hall–Kier alpha value is -0.486. The van der Waals surface area contributed by atoms with E-state index in [1.165, 1.54) is 0 Å². The number of piperidine rings is 1. The Morgan fingerprint density at radius 2 is 1.80 bits per heavy atom. The van der Waals surface area contributed by atoms with Gasteiger partial charge in [-0.2, -0.15) is 0 Å². The van der Waals surface area contributed by atoms with Crippen molar-refractivity contribution < 1.29 is 28.4 Å². The monoisotopic (exact) mass is 460 g/mol. The van der Waals surface area contributed by atoms with Gasteiger partial charge in [-0.3, -0.25) is 4.90 Å². The molecule has 2 aromatic rings. The third-order valence-corrected chi connectivity index (χ3v) is 5.03. The Kier molecular flexibility index (Phi) is 8.33. The van der Waals surface area contributed by atoms with E-state index < -0.39 is 0 Å². The van der Waals surface area contributed by atoms with Gasteiger partial charge in [-0.25, -0.2) is 0 Å². The molecular weight excluding hydrogens is 441 g/mol. The number of likely N-dealkylation sites (tertiary alicyclic amines) is 1. The Morgan fingerprint density at radius 3 is 2.48 bits per heavy atom. The molecule has 3 nitrogen and oxygen atoms in total. The van der Waals surface area contributed by atoms with E-state index >= 15 is 0 Å². The van der Waals surface area contributed by atoms with Crippen LogP contribution in [-0.2, 0) is 31.7 Å². The molecule has 0 amide bonds. The predicted octanol–water partition coefficient (Wildman–Crippen LogP) is 4.64. The third-order valence-electron chi connectivity index (χ3n) is 4.28. The Bertz CT molecular complexity index is 676. The van der Waals surface area contributed by atoms with E-state index in [1.54, 1.807) is 0 Å². The number of rotatable bonds is 5. The van der Waals surface area contributed by atoms with Crippen LogP contribution in [0.3, 0.4) is 0 Å². The first kappa shape index (κ1) is 20.8. The number of aliphatic hydroxyl groups excluding tert-OH is 1. The van der Waals surface area contributed by atoms with Crippen molar-refractivity contribution >= 4 is 27.5 Å². The first-order valence-corrected chi connectivity index (χ1v) is 9.33. The molecule has 2 aromatic carbocycles. The van der Waals surface area contributed by atoms with Crippen LogP contribution in [0.15, 0.2) is 46.9 Å². The summed E-state index contributed by atoms with van der Waals surface area (Å²) in [6.45, 7) is 3.20. The van der Waals surface area contributed by atoms with Crippen LogP contribution in [-0.4, -0.2) is 29.2 Å². The molecule has 0 aromatic heterocycles. The second-order valence-corrected chi connectivity index (χ2v) is 7.53. The molecular formula is C19H21BrClNO2V. The molecule has 1 N–H and O–H groups in total. The Labute approximate surface area is 174 Å². The summed E-state index contributed by atoms with van der Waals surface area (Å²) in [5.74, 6) is 0.902. The molecule has 0 spiro atoms. The van der Waals surface area contributed by atoms with Gasteiger partial charge in [0, 0.05) is 53.2 Å². The third kappa shape index (κ3) is 6.32. The van der Waals surface area contributed by atoms with E-state index in [9.17, 15) is 5.11 Å². The van der Waals surface area contributed by atoms with Crippen LogP contribution in [0.1, 0.15) is 24.0 Å². The number of benzene rings is 2. The van der Waals surface area contributed by atoms with Gasteiger partial charge in [0.05, 0.1) is 6.10 Å². The summed E-state index contributed by atoms with van der Waals surface area (Å²) < 4.78 is 7.09. The van der Waals surface area contributed by atoms with Crippen molar-refractivity contribution in [2.24, 2.45) is 0 Å². The van der Waals surface area contributed by atoms with Gasteiger partial charge in [0.2, 0.25) is 0 Å². The molecule has 1 saturated heterocycles. The zero-order valence-corrected chi connectivity index (χ0v) is 17.6. The van der Waals surface area contributed by atoms with Crippen molar-refractivity contribution in [3.8, 4) is 5.75 Å². The maximum atomic E-state index is 9.65. The van der Waals surface area contributed by atoms with Crippen LogP contribution in [0, 0.1) is 0 Å². The van der Waals surface area contributed by atoms with Crippen molar-refractivity contribution in [2.75, 3.05) is 13.1 Å². The quantitative estimate of drug-likeness (QED) is 0.704. The van der Waals surface area contributed by atoms with E-state index in [4.69, 9.17) is 16.3 Å². The molecule has 133 valence electrons. The van der Waals surface area contributed by atoms with Crippen LogP contribution in [0.4, 0.5) is 0 Å². The molecule has 0 bridgehead atoms. The van der Waals surface area contributed by atoms with Crippen LogP contribution in [0.25, 0.3) is 0 Å². The number of aliphatic hydroxyl groups is 1. The SMILES string of the molecule is OC1CCN(Cc2cc(Br)ccc2OCc2ccc(Cl)cc2)CC1.[V]. The summed E-state index contributed by atoms with van der Waals surface area (Å²) >= 11 is 9.47. The zero-order chi connectivity index (χ0) is 16.9. The average Bonchev–Trinajstić information content (AvgIpc) is 2.58. The smallest absolute Gasteiger partial charge is 0.124 e. The van der Waals surface area contributed by atoms with Gasteiger partial charge >= 0.3 is 0 Å². The van der Waals surface area contributed by atoms with Crippen LogP contribution >= 0.6 is 27.5 Å². The number of hydrogen-bond donors (Lipinski definition) is 1. The van der Waals surface area contributed by atoms with Crippen molar-refractivity contribution in [1.82, 2.24) is 4.90 Å². The molecule has 0 atom stereocenters. The van der Waals surface area contributed by atoms with Gasteiger partial charge < -0.3 is 9.84 Å². The predicted molar refractivity (Wildman–Crippen MR) is 100 cm³/mol. The second kappa shape index (κ2) is 10.0. The normalized spacial score (nSPS) is 15.6. The molecule has 1 heterocycles. The first-order valence-electron chi connectivity index (χ1n) is 8.16.